The second kappa shape index (κ2) is 8.07. The number of carbonyl (C=O) groups excluding carboxylic acids is 2. The zero-order valence-electron chi connectivity index (χ0n) is 18.6. The Balaban J connectivity index is 1.44. The van der Waals surface area contributed by atoms with E-state index < -0.39 is 12.6 Å². The van der Waals surface area contributed by atoms with Crippen LogP contribution < -0.4 is 10.5 Å². The first-order chi connectivity index (χ1) is 15.2. The second-order valence-corrected chi connectivity index (χ2v) is 8.51. The van der Waals surface area contributed by atoms with Gasteiger partial charge >= 0.3 is 5.97 Å². The van der Waals surface area contributed by atoms with Gasteiger partial charge in [0.1, 0.15) is 6.54 Å². The molecular weight excluding hydrogens is 406 g/mol. The number of allylic oxidation sites excluding steroid dienone is 1. The molecular formula is C25H25N3O4. The Morgan fingerprint density at radius 3 is 2.62 bits per heavy atom. The first-order valence-electron chi connectivity index (χ1n) is 10.4. The first kappa shape index (κ1) is 21.5. The molecule has 1 aliphatic heterocycles. The zero-order chi connectivity index (χ0) is 23.0. The summed E-state index contributed by atoms with van der Waals surface area (Å²) in [4.78, 5) is 43.7. The molecule has 0 saturated carbocycles. The van der Waals surface area contributed by atoms with Crippen molar-refractivity contribution in [2.24, 2.45) is 0 Å². The Kier molecular flexibility index (Phi) is 5.42. The summed E-state index contributed by atoms with van der Waals surface area (Å²) in [6.45, 7) is 5.28. The van der Waals surface area contributed by atoms with Crippen LogP contribution in [0.1, 0.15) is 25.0 Å². The quantitative estimate of drug-likeness (QED) is 0.456. The van der Waals surface area contributed by atoms with Crippen LogP contribution in [0.5, 0.6) is 0 Å². The van der Waals surface area contributed by atoms with Crippen molar-refractivity contribution in [1.29, 1.82) is 0 Å². The Bertz CT molecular complexity index is 1320. The number of esters is 1. The van der Waals surface area contributed by atoms with Crippen LogP contribution in [-0.4, -0.2) is 35.0 Å². The van der Waals surface area contributed by atoms with Crippen molar-refractivity contribution in [3.63, 3.8) is 0 Å². The summed E-state index contributed by atoms with van der Waals surface area (Å²) in [5.41, 5.74) is 3.85. The van der Waals surface area contributed by atoms with Crippen LogP contribution >= 0.6 is 0 Å². The average molecular weight is 431 g/mol. The molecule has 0 bridgehead atoms. The minimum atomic E-state index is -0.671. The van der Waals surface area contributed by atoms with E-state index >= 15 is 0 Å². The predicted octanol–water partition coefficient (Wildman–Crippen LogP) is 3.13. The van der Waals surface area contributed by atoms with E-state index in [9.17, 15) is 14.4 Å². The van der Waals surface area contributed by atoms with E-state index in [0.29, 0.717) is 10.9 Å². The topological polar surface area (TPSA) is 81.5 Å². The Labute approximate surface area is 185 Å². The maximum atomic E-state index is 12.6. The lowest BCUT2D eigenvalue weighted by molar-refractivity contribution is -0.147. The number of ketones is 1. The smallest absolute Gasteiger partial charge is 0.326 e. The Morgan fingerprint density at radius 2 is 1.88 bits per heavy atom. The number of anilines is 1. The molecule has 7 heteroatoms. The van der Waals surface area contributed by atoms with Gasteiger partial charge in [-0.1, -0.05) is 44.2 Å². The minimum Gasteiger partial charge on any atom is -0.456 e. The van der Waals surface area contributed by atoms with Gasteiger partial charge in [0.2, 0.25) is 0 Å². The van der Waals surface area contributed by atoms with Gasteiger partial charge in [-0.25, -0.2) is 4.98 Å². The molecule has 0 radical (unpaired) electrons. The normalized spacial score (nSPS) is 15.8. The van der Waals surface area contributed by atoms with Crippen LogP contribution in [0.4, 0.5) is 5.69 Å². The predicted molar refractivity (Wildman–Crippen MR) is 123 cm³/mol. The van der Waals surface area contributed by atoms with Crippen LogP contribution in [0.2, 0.25) is 0 Å². The second-order valence-electron chi connectivity index (χ2n) is 8.51. The number of ether oxygens (including phenoxy) is 1. The van der Waals surface area contributed by atoms with Gasteiger partial charge in [-0.2, -0.15) is 0 Å². The summed E-state index contributed by atoms with van der Waals surface area (Å²) in [5, 5.41) is 0.437. The van der Waals surface area contributed by atoms with Crippen molar-refractivity contribution in [1.82, 2.24) is 9.55 Å². The number of hydrogen-bond acceptors (Lipinski definition) is 6. The highest BCUT2D eigenvalue weighted by Crippen LogP contribution is 2.46. The van der Waals surface area contributed by atoms with Gasteiger partial charge in [-0.3, -0.25) is 19.0 Å². The molecule has 0 saturated heterocycles. The highest BCUT2D eigenvalue weighted by Gasteiger charge is 2.38. The van der Waals surface area contributed by atoms with E-state index in [1.807, 2.05) is 49.2 Å². The van der Waals surface area contributed by atoms with Crippen molar-refractivity contribution < 1.29 is 14.3 Å². The van der Waals surface area contributed by atoms with Gasteiger partial charge in [-0.15, -0.1) is 0 Å². The Morgan fingerprint density at radius 1 is 1.12 bits per heavy atom. The van der Waals surface area contributed by atoms with Crippen LogP contribution in [0.3, 0.4) is 0 Å². The number of nitrogens with zero attached hydrogens (tertiary/aromatic N) is 3. The molecule has 0 N–H and O–H groups in total. The van der Waals surface area contributed by atoms with Gasteiger partial charge < -0.3 is 9.64 Å². The number of likely N-dealkylation sites (N-methyl/N-ethyl adjacent to an activating group) is 1. The lowest BCUT2D eigenvalue weighted by atomic mass is 9.83. The number of hydrogen-bond donors (Lipinski definition) is 0. The first-order valence-corrected chi connectivity index (χ1v) is 10.4. The van der Waals surface area contributed by atoms with Gasteiger partial charge in [0, 0.05) is 29.9 Å². The fourth-order valence-electron chi connectivity index (χ4n) is 4.24. The average Bonchev–Trinajstić information content (AvgIpc) is 2.96. The molecule has 3 aromatic rings. The summed E-state index contributed by atoms with van der Waals surface area (Å²) in [6.07, 6.45) is 2.86. The lowest BCUT2D eigenvalue weighted by Gasteiger charge is -2.23. The molecule has 32 heavy (non-hydrogen) atoms. The van der Waals surface area contributed by atoms with E-state index in [2.05, 4.69) is 18.8 Å². The third-order valence-corrected chi connectivity index (χ3v) is 5.97. The van der Waals surface area contributed by atoms with Gasteiger partial charge in [0.25, 0.3) is 5.56 Å². The standard InChI is InChI=1S/C25H25N3O4/c1-16-8-7-9-18-23(16)26-15-28(24(18)31)13-22(30)32-14-17(29)12-21-25(2,3)19-10-5-6-11-20(19)27(21)4/h5-12,15H,13-14H2,1-4H3/b21-12-. The van der Waals surface area contributed by atoms with Crippen LogP contribution in [0, 0.1) is 6.92 Å². The van der Waals surface area contributed by atoms with Crippen molar-refractivity contribution in [3.05, 3.63) is 82.0 Å². The zero-order valence-corrected chi connectivity index (χ0v) is 18.6. The van der Waals surface area contributed by atoms with E-state index in [1.54, 1.807) is 12.1 Å². The molecule has 7 nitrogen and oxygen atoms in total. The number of carbonyl (C=O) groups is 2. The molecule has 0 amide bonds. The minimum absolute atomic E-state index is 0.309. The third-order valence-electron chi connectivity index (χ3n) is 5.97. The molecule has 0 spiro atoms. The van der Waals surface area contributed by atoms with Crippen LogP contribution in [0.15, 0.2) is 65.4 Å². The highest BCUT2D eigenvalue weighted by atomic mass is 16.5. The molecule has 0 atom stereocenters. The summed E-state index contributed by atoms with van der Waals surface area (Å²) >= 11 is 0. The Hall–Kier alpha value is -3.74. The molecule has 2 heterocycles. The summed E-state index contributed by atoms with van der Waals surface area (Å²) in [7, 11) is 1.92. The SMILES string of the molecule is Cc1cccc2c(=O)n(CC(=O)OCC(=O)/C=C3\N(C)c4ccccc4C3(C)C)cnc12. The van der Waals surface area contributed by atoms with E-state index in [-0.39, 0.29) is 23.3 Å². The maximum Gasteiger partial charge on any atom is 0.326 e. The maximum absolute atomic E-state index is 12.6. The number of benzene rings is 2. The van der Waals surface area contributed by atoms with Gasteiger partial charge in [-0.05, 0) is 30.2 Å². The molecule has 2 aromatic carbocycles. The van der Waals surface area contributed by atoms with Crippen molar-refractivity contribution >= 4 is 28.3 Å². The fraction of sp³-hybridized carbons (Fsp3) is 0.280. The van der Waals surface area contributed by atoms with E-state index in [4.69, 9.17) is 4.74 Å². The van der Waals surface area contributed by atoms with Crippen LogP contribution in [-0.2, 0) is 26.3 Å². The molecule has 164 valence electrons. The van der Waals surface area contributed by atoms with E-state index in [1.165, 1.54) is 17.0 Å². The van der Waals surface area contributed by atoms with Gasteiger partial charge in [0.05, 0.1) is 17.2 Å². The molecule has 0 unspecified atom stereocenters. The lowest BCUT2D eigenvalue weighted by Crippen LogP contribution is -2.27. The largest absolute Gasteiger partial charge is 0.456 e. The molecule has 0 fully saturated rings. The molecule has 1 aliphatic rings. The number of aryl methyl sites for hydroxylation is 1. The fourth-order valence-corrected chi connectivity index (χ4v) is 4.24. The summed E-state index contributed by atoms with van der Waals surface area (Å²) < 4.78 is 6.34. The number of rotatable bonds is 5. The highest BCUT2D eigenvalue weighted by molar-refractivity contribution is 5.94. The van der Waals surface area contributed by atoms with Crippen LogP contribution in [0.25, 0.3) is 10.9 Å². The molecule has 4 rings (SSSR count). The third kappa shape index (κ3) is 3.70. The monoisotopic (exact) mass is 431 g/mol. The van der Waals surface area contributed by atoms with Crippen molar-refractivity contribution in [3.8, 4) is 0 Å². The molecule has 1 aromatic heterocycles. The molecule has 0 aliphatic carbocycles. The number of fused-ring (bicyclic) bond motifs is 2. The summed E-state index contributed by atoms with van der Waals surface area (Å²) in [6, 6.07) is 13.3. The number of aromatic nitrogens is 2. The van der Waals surface area contributed by atoms with Gasteiger partial charge in [0.15, 0.2) is 12.4 Å². The van der Waals surface area contributed by atoms with Crippen molar-refractivity contribution in [2.45, 2.75) is 32.7 Å². The summed E-state index contributed by atoms with van der Waals surface area (Å²) in [5.74, 6) is -0.990. The van der Waals surface area contributed by atoms with E-state index in [0.717, 1.165) is 22.5 Å². The number of para-hydroxylation sites is 2. The van der Waals surface area contributed by atoms with Crippen molar-refractivity contribution in [2.75, 3.05) is 18.6 Å².